The highest BCUT2D eigenvalue weighted by molar-refractivity contribution is 8.00. The summed E-state index contributed by atoms with van der Waals surface area (Å²) in [5.41, 5.74) is 0.428. The molecule has 0 saturated heterocycles. The molecule has 1 N–H and O–H groups in total. The van der Waals surface area contributed by atoms with Crippen LogP contribution in [0.25, 0.3) is 0 Å². The minimum absolute atomic E-state index is 0.149. The van der Waals surface area contributed by atoms with Crippen molar-refractivity contribution >= 4 is 23.5 Å². The summed E-state index contributed by atoms with van der Waals surface area (Å²) in [6, 6.07) is 12.0. The van der Waals surface area contributed by atoms with Crippen LogP contribution in [0.2, 0.25) is 0 Å². The van der Waals surface area contributed by atoms with Gasteiger partial charge in [-0.25, -0.2) is 4.39 Å². The number of rotatable bonds is 7. The second kappa shape index (κ2) is 7.78. The average Bonchev–Trinajstić information content (AvgIpc) is 2.56. The number of carbonyl (C=O) groups excluding carboxylic acids is 1. The molecule has 0 aliphatic carbocycles. The van der Waals surface area contributed by atoms with E-state index >= 15 is 0 Å². The van der Waals surface area contributed by atoms with Crippen LogP contribution in [0.3, 0.4) is 0 Å². The molecule has 0 aromatic heterocycles. The molecule has 120 valence electrons. The monoisotopic (exact) mass is 334 g/mol. The summed E-state index contributed by atoms with van der Waals surface area (Å²) >= 11 is 1.02. The van der Waals surface area contributed by atoms with E-state index in [2.05, 4.69) is 0 Å². The first-order valence-electron chi connectivity index (χ1n) is 6.82. The summed E-state index contributed by atoms with van der Waals surface area (Å²) in [5, 5.41) is 8.36. The topological polar surface area (TPSA) is 63.6 Å². The zero-order valence-electron chi connectivity index (χ0n) is 12.4. The molecule has 0 amide bonds. The Kier molecular flexibility index (Phi) is 5.76. The number of ketones is 1. The number of ether oxygens (including phenoxy) is 1. The lowest BCUT2D eigenvalue weighted by Crippen LogP contribution is -2.20. The molecule has 0 radical (unpaired) electrons. The fourth-order valence-electron chi connectivity index (χ4n) is 1.92. The Hall–Kier alpha value is -2.34. The molecule has 0 saturated carbocycles. The van der Waals surface area contributed by atoms with Crippen LogP contribution in [0.15, 0.2) is 53.4 Å². The number of carboxylic acid groups (broad SMARTS) is 1. The van der Waals surface area contributed by atoms with E-state index in [0.717, 1.165) is 11.8 Å². The van der Waals surface area contributed by atoms with E-state index in [9.17, 15) is 19.1 Å². The van der Waals surface area contributed by atoms with E-state index in [4.69, 9.17) is 4.74 Å². The second-order valence-electron chi connectivity index (χ2n) is 4.75. The maximum absolute atomic E-state index is 12.9. The molecular formula is C17H15FO4S. The minimum Gasteiger partial charge on any atom is -0.497 e. The molecule has 1 unspecified atom stereocenters. The number of carboxylic acids is 1. The Labute approximate surface area is 137 Å². The Balaban J connectivity index is 2.07. The Morgan fingerprint density at radius 1 is 1.13 bits per heavy atom. The lowest BCUT2D eigenvalue weighted by molar-refractivity contribution is -0.136. The molecule has 1 atom stereocenters. The number of thioether (sulfide) groups is 1. The Bertz CT molecular complexity index is 683. The molecule has 6 heteroatoms. The van der Waals surface area contributed by atoms with Gasteiger partial charge in [-0.3, -0.25) is 9.59 Å². The van der Waals surface area contributed by atoms with Crippen molar-refractivity contribution in [2.75, 3.05) is 7.11 Å². The highest BCUT2D eigenvalue weighted by atomic mass is 32.2. The van der Waals surface area contributed by atoms with E-state index in [1.165, 1.54) is 31.4 Å². The van der Waals surface area contributed by atoms with Crippen molar-refractivity contribution in [2.24, 2.45) is 0 Å². The highest BCUT2D eigenvalue weighted by Gasteiger charge is 2.23. The first kappa shape index (κ1) is 17.0. The number of hydrogen-bond donors (Lipinski definition) is 1. The summed E-state index contributed by atoms with van der Waals surface area (Å²) in [6.45, 7) is 0. The van der Waals surface area contributed by atoms with Gasteiger partial charge in [0.2, 0.25) is 0 Å². The van der Waals surface area contributed by atoms with Gasteiger partial charge >= 0.3 is 5.97 Å². The molecule has 0 spiro atoms. The van der Waals surface area contributed by atoms with Crippen molar-refractivity contribution in [2.45, 2.75) is 16.6 Å². The van der Waals surface area contributed by atoms with Crippen molar-refractivity contribution < 1.29 is 23.8 Å². The van der Waals surface area contributed by atoms with Gasteiger partial charge in [0, 0.05) is 16.9 Å². The van der Waals surface area contributed by atoms with Crippen LogP contribution in [0.4, 0.5) is 4.39 Å². The minimum atomic E-state index is -1.08. The van der Waals surface area contributed by atoms with Crippen LogP contribution >= 0.6 is 11.8 Å². The van der Waals surface area contributed by atoms with Gasteiger partial charge in [-0.15, -0.1) is 11.8 Å². The number of benzene rings is 2. The number of halogens is 1. The van der Waals surface area contributed by atoms with E-state index in [-0.39, 0.29) is 12.2 Å². The van der Waals surface area contributed by atoms with Gasteiger partial charge < -0.3 is 9.84 Å². The summed E-state index contributed by atoms with van der Waals surface area (Å²) in [7, 11) is 1.52. The number of aliphatic carboxylic acids is 1. The molecule has 0 aliphatic rings. The van der Waals surface area contributed by atoms with Crippen LogP contribution in [-0.4, -0.2) is 29.2 Å². The quantitative estimate of drug-likeness (QED) is 0.618. The fourth-order valence-corrected chi connectivity index (χ4v) is 2.88. The summed E-state index contributed by atoms with van der Waals surface area (Å²) in [6.07, 6.45) is -0.149. The largest absolute Gasteiger partial charge is 0.497 e. The number of carbonyl (C=O) groups is 2. The average molecular weight is 334 g/mol. The van der Waals surface area contributed by atoms with Gasteiger partial charge in [-0.1, -0.05) is 0 Å². The van der Waals surface area contributed by atoms with Gasteiger partial charge in [0.15, 0.2) is 5.78 Å². The van der Waals surface area contributed by atoms with Crippen LogP contribution in [0, 0.1) is 5.82 Å². The first-order chi connectivity index (χ1) is 11.0. The van der Waals surface area contributed by atoms with E-state index < -0.39 is 17.0 Å². The molecule has 0 aliphatic heterocycles. The molecule has 2 rings (SSSR count). The lowest BCUT2D eigenvalue weighted by Gasteiger charge is -2.11. The lowest BCUT2D eigenvalue weighted by atomic mass is 10.1. The highest BCUT2D eigenvalue weighted by Crippen LogP contribution is 2.27. The Morgan fingerprint density at radius 2 is 1.74 bits per heavy atom. The Morgan fingerprint density at radius 3 is 2.26 bits per heavy atom. The second-order valence-corrected chi connectivity index (χ2v) is 6.03. The predicted molar refractivity (Wildman–Crippen MR) is 85.6 cm³/mol. The zero-order chi connectivity index (χ0) is 16.8. The summed E-state index contributed by atoms with van der Waals surface area (Å²) < 4.78 is 17.9. The zero-order valence-corrected chi connectivity index (χ0v) is 13.2. The molecule has 2 aromatic carbocycles. The summed E-state index contributed by atoms with van der Waals surface area (Å²) in [4.78, 5) is 24.2. The van der Waals surface area contributed by atoms with Crippen molar-refractivity contribution in [1.82, 2.24) is 0 Å². The van der Waals surface area contributed by atoms with E-state index in [0.29, 0.717) is 16.2 Å². The maximum Gasteiger partial charge on any atom is 0.317 e. The van der Waals surface area contributed by atoms with Crippen LogP contribution in [0.5, 0.6) is 5.75 Å². The molecule has 0 fully saturated rings. The molecule has 23 heavy (non-hydrogen) atoms. The van der Waals surface area contributed by atoms with Crippen molar-refractivity contribution in [3.8, 4) is 5.75 Å². The maximum atomic E-state index is 12.9. The van der Waals surface area contributed by atoms with Crippen molar-refractivity contribution in [1.29, 1.82) is 0 Å². The molecule has 4 nitrogen and oxygen atoms in total. The van der Waals surface area contributed by atoms with Crippen LogP contribution < -0.4 is 4.74 Å². The van der Waals surface area contributed by atoms with Gasteiger partial charge in [0.25, 0.3) is 0 Å². The van der Waals surface area contributed by atoms with Crippen LogP contribution in [-0.2, 0) is 4.79 Å². The number of Topliss-reactive ketones (excluding diaryl/α,β-unsaturated/α-hetero) is 1. The van der Waals surface area contributed by atoms with Gasteiger partial charge in [0.05, 0.1) is 7.11 Å². The smallest absolute Gasteiger partial charge is 0.317 e. The molecular weight excluding hydrogens is 319 g/mol. The third-order valence-corrected chi connectivity index (χ3v) is 4.35. The number of methoxy groups -OCH3 is 1. The van der Waals surface area contributed by atoms with Crippen LogP contribution in [0.1, 0.15) is 16.8 Å². The third kappa shape index (κ3) is 4.82. The third-order valence-electron chi connectivity index (χ3n) is 3.15. The fraction of sp³-hybridized carbons (Fsp3) is 0.176. The van der Waals surface area contributed by atoms with Gasteiger partial charge in [-0.2, -0.15) is 0 Å². The summed E-state index contributed by atoms with van der Waals surface area (Å²) in [5.74, 6) is -1.12. The SMILES string of the molecule is COc1ccc(C(=O)CC(Sc2ccc(F)cc2)C(=O)O)cc1. The van der Waals surface area contributed by atoms with E-state index in [1.54, 1.807) is 24.3 Å². The van der Waals surface area contributed by atoms with Crippen molar-refractivity contribution in [3.63, 3.8) is 0 Å². The normalized spacial score (nSPS) is 11.7. The first-order valence-corrected chi connectivity index (χ1v) is 7.70. The van der Waals surface area contributed by atoms with Gasteiger partial charge in [-0.05, 0) is 48.5 Å². The molecule has 0 heterocycles. The predicted octanol–water partition coefficient (Wildman–Crippen LogP) is 3.65. The number of hydrogen-bond acceptors (Lipinski definition) is 4. The molecule has 0 bridgehead atoms. The molecule has 2 aromatic rings. The van der Waals surface area contributed by atoms with Gasteiger partial charge in [0.1, 0.15) is 16.8 Å². The standard InChI is InChI=1S/C17H15FO4S/c1-22-13-6-2-11(3-7-13)15(19)10-16(17(20)21)23-14-8-4-12(18)5-9-14/h2-9,16H,10H2,1H3,(H,20,21). The van der Waals surface area contributed by atoms with Crippen molar-refractivity contribution in [3.05, 3.63) is 59.9 Å². The van der Waals surface area contributed by atoms with E-state index in [1.807, 2.05) is 0 Å².